The molecule has 39 heavy (non-hydrogen) atoms. The van der Waals surface area contributed by atoms with Gasteiger partial charge in [-0.2, -0.15) is 0 Å². The molecule has 1 aliphatic rings. The van der Waals surface area contributed by atoms with Crippen molar-refractivity contribution in [2.24, 2.45) is 0 Å². The summed E-state index contributed by atoms with van der Waals surface area (Å²) in [5.74, 6) is 1.72. The van der Waals surface area contributed by atoms with Gasteiger partial charge in [0, 0.05) is 56.1 Å². The number of benzene rings is 3. The molecule has 0 radical (unpaired) electrons. The number of piperazine rings is 1. The highest BCUT2D eigenvalue weighted by molar-refractivity contribution is 7.99. The fourth-order valence-corrected chi connectivity index (χ4v) is 5.73. The molecule has 1 amide bonds. The molecule has 0 aliphatic carbocycles. The second-order valence-corrected chi connectivity index (χ2v) is 10.9. The van der Waals surface area contributed by atoms with Gasteiger partial charge >= 0.3 is 0 Å². The molecule has 0 N–H and O–H groups in total. The lowest BCUT2D eigenvalue weighted by atomic mass is 10.2. The molecule has 2 heterocycles. The summed E-state index contributed by atoms with van der Waals surface area (Å²) in [6.07, 6.45) is 5.69. The number of para-hydroxylation sites is 1. The van der Waals surface area contributed by atoms with Gasteiger partial charge in [0.25, 0.3) is 0 Å². The van der Waals surface area contributed by atoms with Crippen LogP contribution in [0.2, 0.25) is 5.02 Å². The number of carbonyl (C=O) groups is 1. The lowest BCUT2D eigenvalue weighted by Gasteiger charge is -2.34. The summed E-state index contributed by atoms with van der Waals surface area (Å²) in [7, 11) is 0. The Labute approximate surface area is 239 Å². The summed E-state index contributed by atoms with van der Waals surface area (Å²) in [6.45, 7) is 4.30. The Kier molecular flexibility index (Phi) is 9.48. The van der Waals surface area contributed by atoms with Gasteiger partial charge < -0.3 is 4.90 Å². The fraction of sp³-hybridized carbons (Fsp3) is 0.258. The van der Waals surface area contributed by atoms with Crippen molar-refractivity contribution in [1.82, 2.24) is 24.6 Å². The van der Waals surface area contributed by atoms with Gasteiger partial charge in [-0.15, -0.1) is 10.2 Å². The van der Waals surface area contributed by atoms with E-state index in [1.165, 1.54) is 5.56 Å². The van der Waals surface area contributed by atoms with Crippen molar-refractivity contribution in [3.8, 4) is 17.1 Å². The van der Waals surface area contributed by atoms with Gasteiger partial charge in [0.05, 0.1) is 5.02 Å². The molecule has 1 aromatic heterocycles. The zero-order chi connectivity index (χ0) is 26.9. The van der Waals surface area contributed by atoms with E-state index in [0.717, 1.165) is 61.3 Å². The molecule has 0 saturated carbocycles. The van der Waals surface area contributed by atoms with Crippen LogP contribution in [-0.4, -0.2) is 68.9 Å². The first kappa shape index (κ1) is 27.2. The van der Waals surface area contributed by atoms with Crippen molar-refractivity contribution >= 4 is 35.3 Å². The largest absolute Gasteiger partial charge is 0.340 e. The summed E-state index contributed by atoms with van der Waals surface area (Å²) in [4.78, 5) is 17.3. The first-order chi connectivity index (χ1) is 19.2. The maximum absolute atomic E-state index is 12.9. The molecule has 1 aliphatic heterocycles. The van der Waals surface area contributed by atoms with Crippen molar-refractivity contribution in [2.75, 3.05) is 38.5 Å². The van der Waals surface area contributed by atoms with Crippen LogP contribution < -0.4 is 0 Å². The molecule has 3 aromatic carbocycles. The van der Waals surface area contributed by atoms with E-state index in [1.54, 1.807) is 11.8 Å². The number of amides is 1. The van der Waals surface area contributed by atoms with Gasteiger partial charge in [-0.25, -0.2) is 0 Å². The molecule has 4 aromatic rings. The number of rotatable bonds is 10. The van der Waals surface area contributed by atoms with Crippen molar-refractivity contribution in [2.45, 2.75) is 18.0 Å². The monoisotopic (exact) mass is 557 g/mol. The molecule has 0 atom stereocenters. The van der Waals surface area contributed by atoms with Gasteiger partial charge in [0.2, 0.25) is 5.91 Å². The quantitative estimate of drug-likeness (QED) is 0.169. The van der Waals surface area contributed by atoms with E-state index in [0.29, 0.717) is 17.3 Å². The molecule has 0 unspecified atom stereocenters. The van der Waals surface area contributed by atoms with Crippen molar-refractivity contribution in [3.63, 3.8) is 0 Å². The molecular weight excluding hydrogens is 526 g/mol. The molecular formula is C31H32ClN5OS. The van der Waals surface area contributed by atoms with E-state index in [-0.39, 0.29) is 5.91 Å². The maximum Gasteiger partial charge on any atom is 0.222 e. The maximum atomic E-state index is 12.9. The first-order valence-corrected chi connectivity index (χ1v) is 14.7. The third kappa shape index (κ3) is 7.18. The summed E-state index contributed by atoms with van der Waals surface area (Å²) >= 11 is 8.11. The predicted octanol–water partition coefficient (Wildman–Crippen LogP) is 6.32. The van der Waals surface area contributed by atoms with Crippen molar-refractivity contribution in [3.05, 3.63) is 102 Å². The van der Waals surface area contributed by atoms with Gasteiger partial charge in [0.1, 0.15) is 0 Å². The van der Waals surface area contributed by atoms with Crippen LogP contribution in [0.3, 0.4) is 0 Å². The Bertz CT molecular complexity index is 1380. The molecule has 5 rings (SSSR count). The van der Waals surface area contributed by atoms with Crippen LogP contribution in [0.4, 0.5) is 0 Å². The zero-order valence-corrected chi connectivity index (χ0v) is 23.4. The van der Waals surface area contributed by atoms with Gasteiger partial charge in [-0.3, -0.25) is 14.3 Å². The van der Waals surface area contributed by atoms with E-state index in [4.69, 9.17) is 11.6 Å². The van der Waals surface area contributed by atoms with Crippen molar-refractivity contribution in [1.29, 1.82) is 0 Å². The van der Waals surface area contributed by atoms with Gasteiger partial charge in [0.15, 0.2) is 11.0 Å². The van der Waals surface area contributed by atoms with Crippen LogP contribution in [0.1, 0.15) is 18.4 Å². The van der Waals surface area contributed by atoms with E-state index < -0.39 is 0 Å². The zero-order valence-electron chi connectivity index (χ0n) is 21.8. The topological polar surface area (TPSA) is 54.3 Å². The minimum absolute atomic E-state index is 0.233. The minimum Gasteiger partial charge on any atom is -0.340 e. The fourth-order valence-electron chi connectivity index (χ4n) is 4.62. The predicted molar refractivity (Wildman–Crippen MR) is 160 cm³/mol. The minimum atomic E-state index is 0.233. The molecule has 1 fully saturated rings. The molecule has 1 saturated heterocycles. The molecule has 6 nitrogen and oxygen atoms in total. The van der Waals surface area contributed by atoms with Crippen LogP contribution in [-0.2, 0) is 4.79 Å². The van der Waals surface area contributed by atoms with Crippen LogP contribution in [0.5, 0.6) is 0 Å². The average Bonchev–Trinajstić information content (AvgIpc) is 3.40. The Morgan fingerprint density at radius 2 is 1.56 bits per heavy atom. The van der Waals surface area contributed by atoms with E-state index in [2.05, 4.69) is 51.5 Å². The number of hydrogen-bond donors (Lipinski definition) is 0. The Balaban J connectivity index is 1.11. The Hall–Kier alpha value is -3.39. The highest BCUT2D eigenvalue weighted by atomic mass is 35.5. The molecule has 200 valence electrons. The summed E-state index contributed by atoms with van der Waals surface area (Å²) < 4.78 is 2.04. The second-order valence-electron chi connectivity index (χ2n) is 9.40. The SMILES string of the molecule is O=C(CCCSc1nnc(-c2ccccc2Cl)n1-c1ccccc1)N1CCN(CC=Cc2ccccc2)CC1. The highest BCUT2D eigenvalue weighted by Gasteiger charge is 2.21. The first-order valence-electron chi connectivity index (χ1n) is 13.3. The average molecular weight is 558 g/mol. The lowest BCUT2D eigenvalue weighted by molar-refractivity contribution is -0.132. The summed E-state index contributed by atoms with van der Waals surface area (Å²) in [5, 5.41) is 10.4. The van der Waals surface area contributed by atoms with Gasteiger partial charge in [-0.05, 0) is 36.2 Å². The normalized spacial score (nSPS) is 14.2. The van der Waals surface area contributed by atoms with Crippen LogP contribution >= 0.6 is 23.4 Å². The van der Waals surface area contributed by atoms with Gasteiger partial charge in [-0.1, -0.05) is 96.2 Å². The number of thioether (sulfide) groups is 1. The number of carbonyl (C=O) groups excluding carboxylic acids is 1. The van der Waals surface area contributed by atoms with E-state index >= 15 is 0 Å². The second kappa shape index (κ2) is 13.6. The summed E-state index contributed by atoms with van der Waals surface area (Å²) in [6, 6.07) is 28.1. The smallest absolute Gasteiger partial charge is 0.222 e. The van der Waals surface area contributed by atoms with E-state index in [9.17, 15) is 4.79 Å². The third-order valence-electron chi connectivity index (χ3n) is 6.73. The highest BCUT2D eigenvalue weighted by Crippen LogP contribution is 2.32. The van der Waals surface area contributed by atoms with Crippen LogP contribution in [0, 0.1) is 0 Å². The Morgan fingerprint density at radius 1 is 0.872 bits per heavy atom. The number of hydrogen-bond acceptors (Lipinski definition) is 5. The van der Waals surface area contributed by atoms with Crippen LogP contribution in [0.25, 0.3) is 23.2 Å². The Morgan fingerprint density at radius 3 is 2.31 bits per heavy atom. The molecule has 0 spiro atoms. The number of aromatic nitrogens is 3. The molecule has 8 heteroatoms. The van der Waals surface area contributed by atoms with Crippen LogP contribution in [0.15, 0.2) is 96.2 Å². The lowest BCUT2D eigenvalue weighted by Crippen LogP contribution is -2.48. The van der Waals surface area contributed by atoms with E-state index in [1.807, 2.05) is 70.1 Å². The number of nitrogens with zero attached hydrogens (tertiary/aromatic N) is 5. The third-order valence-corrected chi connectivity index (χ3v) is 8.07. The molecule has 0 bridgehead atoms. The summed E-state index contributed by atoms with van der Waals surface area (Å²) in [5.41, 5.74) is 3.03. The van der Waals surface area contributed by atoms with Crippen molar-refractivity contribution < 1.29 is 4.79 Å². The number of halogens is 1. The standard InChI is InChI=1S/C31H32ClN5OS/c32-28-17-8-7-16-27(28)30-33-34-31(37(30)26-14-5-2-6-15-26)39-24-10-18-29(38)36-22-20-35(21-23-36)19-9-13-25-11-3-1-4-12-25/h1-9,11-17H,10,18-24H2.